The predicted molar refractivity (Wildman–Crippen MR) is 75.3 cm³/mol. The van der Waals surface area contributed by atoms with E-state index in [4.69, 9.17) is 25.8 Å². The number of benzene rings is 1. The van der Waals surface area contributed by atoms with E-state index >= 15 is 0 Å². The Morgan fingerprint density at radius 3 is 3.10 bits per heavy atom. The van der Waals surface area contributed by atoms with Gasteiger partial charge in [-0.2, -0.15) is 0 Å². The van der Waals surface area contributed by atoms with E-state index in [0.29, 0.717) is 28.0 Å². The Labute approximate surface area is 124 Å². The Morgan fingerprint density at radius 1 is 1.50 bits per heavy atom. The monoisotopic (exact) mass is 311 g/mol. The largest absolute Gasteiger partial charge is 0.493 e. The highest BCUT2D eigenvalue weighted by Gasteiger charge is 2.22. The van der Waals surface area contributed by atoms with Crippen LogP contribution in [0.1, 0.15) is 10.5 Å². The Kier molecular flexibility index (Phi) is 3.50. The van der Waals surface area contributed by atoms with Crippen LogP contribution in [0.25, 0.3) is 10.6 Å². The molecule has 0 N–H and O–H groups in total. The lowest BCUT2D eigenvalue weighted by atomic mass is 10.2. The fraction of sp³-hybridized carbons (Fsp3) is 0.231. The number of hydrogen-bond donors (Lipinski definition) is 0. The van der Waals surface area contributed by atoms with Crippen LogP contribution in [0.15, 0.2) is 17.5 Å². The first kappa shape index (κ1) is 13.2. The zero-order chi connectivity index (χ0) is 14.1. The second-order valence-corrected chi connectivity index (χ2v) is 5.13. The number of hydrogen-bond acceptors (Lipinski definition) is 6. The van der Waals surface area contributed by atoms with Crippen LogP contribution in [0, 0.1) is 0 Å². The van der Waals surface area contributed by atoms with E-state index in [-0.39, 0.29) is 18.5 Å². The second-order valence-electron chi connectivity index (χ2n) is 4.01. The number of thiazole rings is 1. The van der Waals surface area contributed by atoms with Gasteiger partial charge in [-0.1, -0.05) is 0 Å². The number of aromatic nitrogens is 1. The summed E-state index contributed by atoms with van der Waals surface area (Å²) in [6.07, 6.45) is 0. The van der Waals surface area contributed by atoms with E-state index in [1.807, 2.05) is 6.07 Å². The number of nitrogens with zero attached hydrogens (tertiary/aromatic N) is 1. The van der Waals surface area contributed by atoms with E-state index < -0.39 is 0 Å². The number of rotatable bonds is 4. The molecular weight excluding hydrogens is 302 g/mol. The fourth-order valence-corrected chi connectivity index (χ4v) is 2.81. The molecule has 0 unspecified atom stereocenters. The summed E-state index contributed by atoms with van der Waals surface area (Å²) in [6.45, 7) is 0.170. The summed E-state index contributed by atoms with van der Waals surface area (Å²) in [6, 6.07) is 3.62. The number of carbonyl (C=O) groups excluding carboxylic acids is 1. The maximum Gasteiger partial charge on any atom is 0.231 e. The van der Waals surface area contributed by atoms with E-state index in [1.54, 1.807) is 18.6 Å². The van der Waals surface area contributed by atoms with Gasteiger partial charge >= 0.3 is 0 Å². The van der Waals surface area contributed by atoms with Crippen LogP contribution >= 0.6 is 22.9 Å². The average Bonchev–Trinajstić information content (AvgIpc) is 3.13. The first-order valence-corrected chi connectivity index (χ1v) is 7.17. The number of carbonyl (C=O) groups is 1. The van der Waals surface area contributed by atoms with E-state index in [2.05, 4.69) is 4.98 Å². The van der Waals surface area contributed by atoms with E-state index in [1.165, 1.54) is 11.3 Å². The Morgan fingerprint density at radius 2 is 2.35 bits per heavy atom. The molecule has 0 aliphatic carbocycles. The van der Waals surface area contributed by atoms with E-state index in [9.17, 15) is 4.79 Å². The second kappa shape index (κ2) is 5.30. The molecule has 20 heavy (non-hydrogen) atoms. The molecule has 2 heterocycles. The van der Waals surface area contributed by atoms with Crippen molar-refractivity contribution >= 4 is 28.7 Å². The van der Waals surface area contributed by atoms with Gasteiger partial charge in [0.25, 0.3) is 0 Å². The quantitative estimate of drug-likeness (QED) is 0.642. The summed E-state index contributed by atoms with van der Waals surface area (Å²) in [4.78, 5) is 15.8. The SMILES string of the molecule is COc1cc(-c2nc(C(=O)CCl)cs2)cc2c1OCO2. The maximum atomic E-state index is 11.5. The van der Waals surface area contributed by atoms with Crippen LogP contribution in [-0.4, -0.2) is 30.5 Å². The minimum absolute atomic E-state index is 0.0758. The smallest absolute Gasteiger partial charge is 0.231 e. The van der Waals surface area contributed by atoms with Gasteiger partial charge in [0.05, 0.1) is 13.0 Å². The molecule has 0 amide bonds. The maximum absolute atomic E-state index is 11.5. The van der Waals surface area contributed by atoms with Gasteiger partial charge in [-0.15, -0.1) is 22.9 Å². The summed E-state index contributed by atoms with van der Waals surface area (Å²) in [5.74, 6) is 1.51. The third-order valence-electron chi connectivity index (χ3n) is 2.82. The van der Waals surface area contributed by atoms with Gasteiger partial charge in [-0.3, -0.25) is 4.79 Å². The first-order chi connectivity index (χ1) is 9.72. The summed E-state index contributed by atoms with van der Waals surface area (Å²) < 4.78 is 16.0. The van der Waals surface area contributed by atoms with Gasteiger partial charge in [0.1, 0.15) is 10.7 Å². The van der Waals surface area contributed by atoms with Crippen molar-refractivity contribution in [3.8, 4) is 27.8 Å². The van der Waals surface area contributed by atoms with Gasteiger partial charge in [0.15, 0.2) is 17.3 Å². The zero-order valence-electron chi connectivity index (χ0n) is 10.5. The van der Waals surface area contributed by atoms with Crippen LogP contribution in [0.5, 0.6) is 17.2 Å². The number of fused-ring (bicyclic) bond motifs is 1. The molecule has 2 aromatic rings. The molecule has 1 aromatic carbocycles. The number of methoxy groups -OCH3 is 1. The van der Waals surface area contributed by atoms with Crippen molar-refractivity contribution in [3.05, 3.63) is 23.2 Å². The molecule has 0 radical (unpaired) electrons. The van der Waals surface area contributed by atoms with E-state index in [0.717, 1.165) is 5.56 Å². The summed E-state index contributed by atoms with van der Waals surface area (Å²) in [7, 11) is 1.56. The molecule has 1 aliphatic heterocycles. The van der Waals surface area contributed by atoms with Gasteiger partial charge < -0.3 is 14.2 Å². The normalized spacial score (nSPS) is 12.5. The van der Waals surface area contributed by atoms with Crippen molar-refractivity contribution in [1.29, 1.82) is 0 Å². The fourth-order valence-electron chi connectivity index (χ4n) is 1.86. The average molecular weight is 312 g/mol. The van der Waals surface area contributed by atoms with Crippen molar-refractivity contribution in [2.45, 2.75) is 0 Å². The molecule has 1 aromatic heterocycles. The first-order valence-electron chi connectivity index (χ1n) is 5.75. The predicted octanol–water partition coefficient (Wildman–Crippen LogP) is 2.97. The zero-order valence-corrected chi connectivity index (χ0v) is 12.1. The van der Waals surface area contributed by atoms with Crippen LogP contribution in [0.4, 0.5) is 0 Å². The minimum Gasteiger partial charge on any atom is -0.493 e. The topological polar surface area (TPSA) is 57.7 Å². The van der Waals surface area contributed by atoms with Crippen molar-refractivity contribution in [2.75, 3.05) is 19.8 Å². The van der Waals surface area contributed by atoms with Gasteiger partial charge in [-0.05, 0) is 12.1 Å². The highest BCUT2D eigenvalue weighted by atomic mass is 35.5. The van der Waals surface area contributed by atoms with Crippen LogP contribution in [-0.2, 0) is 0 Å². The summed E-state index contributed by atoms with van der Waals surface area (Å²) >= 11 is 6.89. The van der Waals surface area contributed by atoms with Crippen LogP contribution < -0.4 is 14.2 Å². The Bertz CT molecular complexity index is 670. The summed E-state index contributed by atoms with van der Waals surface area (Å²) in [5.41, 5.74) is 1.18. The lowest BCUT2D eigenvalue weighted by Gasteiger charge is -2.06. The number of ether oxygens (including phenoxy) is 3. The van der Waals surface area contributed by atoms with Gasteiger partial charge in [-0.25, -0.2) is 4.98 Å². The number of alkyl halides is 1. The molecule has 0 bridgehead atoms. The molecule has 0 spiro atoms. The molecule has 1 aliphatic rings. The molecule has 3 rings (SSSR count). The molecule has 7 heteroatoms. The standard InChI is InChI=1S/C13H10ClNO4S/c1-17-10-2-7(3-11-12(10)19-6-18-11)13-15-8(5-20-13)9(16)4-14/h2-3,5H,4,6H2,1H3. The van der Waals surface area contributed by atoms with Crippen LogP contribution in [0.3, 0.4) is 0 Å². The Hall–Kier alpha value is -1.79. The molecule has 0 saturated carbocycles. The van der Waals surface area contributed by atoms with Gasteiger partial charge in [0, 0.05) is 10.9 Å². The number of Topliss-reactive ketones (excluding diaryl/α,β-unsaturated/α-hetero) is 1. The third kappa shape index (κ3) is 2.21. The van der Waals surface area contributed by atoms with Crippen molar-refractivity contribution in [2.24, 2.45) is 0 Å². The van der Waals surface area contributed by atoms with Gasteiger partial charge in [0.2, 0.25) is 12.5 Å². The highest BCUT2D eigenvalue weighted by Crippen LogP contribution is 2.44. The molecule has 5 nitrogen and oxygen atoms in total. The molecule has 0 atom stereocenters. The lowest BCUT2D eigenvalue weighted by molar-refractivity contribution is 0.101. The molecule has 0 saturated heterocycles. The number of ketones is 1. The van der Waals surface area contributed by atoms with Crippen molar-refractivity contribution < 1.29 is 19.0 Å². The Balaban J connectivity index is 2.02. The molecule has 104 valence electrons. The molecular formula is C13H10ClNO4S. The van der Waals surface area contributed by atoms with Crippen LogP contribution in [0.2, 0.25) is 0 Å². The van der Waals surface area contributed by atoms with Crippen molar-refractivity contribution in [3.63, 3.8) is 0 Å². The lowest BCUT2D eigenvalue weighted by Crippen LogP contribution is -2.00. The summed E-state index contributed by atoms with van der Waals surface area (Å²) in [5, 5.41) is 2.40. The molecule has 0 fully saturated rings. The third-order valence-corrected chi connectivity index (χ3v) is 3.95. The number of halogens is 1. The minimum atomic E-state index is -0.193. The highest BCUT2D eigenvalue weighted by molar-refractivity contribution is 7.13. The van der Waals surface area contributed by atoms with Crippen molar-refractivity contribution in [1.82, 2.24) is 4.98 Å².